The Labute approximate surface area is 156 Å². The van der Waals surface area contributed by atoms with Crippen LogP contribution in [0.1, 0.15) is 11.3 Å². The molecule has 1 N–H and O–H groups in total. The van der Waals surface area contributed by atoms with E-state index in [1.54, 1.807) is 12.4 Å². The molecule has 4 aromatic rings. The van der Waals surface area contributed by atoms with Gasteiger partial charge in [0.05, 0.1) is 23.6 Å². The smallest absolute Gasteiger partial charge is 0.157 e. The number of fused-ring (bicyclic) bond motifs is 1. The first-order valence-electron chi connectivity index (χ1n) is 8.50. The number of nitrogens with one attached hydrogen (secondary N) is 1. The number of ether oxygens (including phenoxy) is 1. The fourth-order valence-electron chi connectivity index (χ4n) is 2.55. The van der Waals surface area contributed by atoms with Crippen LogP contribution in [0.25, 0.3) is 10.9 Å². The second-order valence-corrected chi connectivity index (χ2v) is 5.80. The van der Waals surface area contributed by atoms with Crippen molar-refractivity contribution < 1.29 is 4.74 Å². The van der Waals surface area contributed by atoms with Gasteiger partial charge in [-0.15, -0.1) is 0 Å². The van der Waals surface area contributed by atoms with E-state index in [1.165, 1.54) is 6.33 Å². The van der Waals surface area contributed by atoms with Crippen LogP contribution in [0.3, 0.4) is 0 Å². The topological polar surface area (TPSA) is 72.3 Å². The zero-order valence-corrected chi connectivity index (χ0v) is 14.5. The van der Waals surface area contributed by atoms with Crippen molar-refractivity contribution in [3.63, 3.8) is 0 Å². The van der Waals surface area contributed by atoms with Gasteiger partial charge >= 0.3 is 0 Å². The van der Waals surface area contributed by atoms with E-state index in [1.807, 2.05) is 66.7 Å². The highest BCUT2D eigenvalue weighted by Crippen LogP contribution is 2.18. The van der Waals surface area contributed by atoms with Crippen molar-refractivity contribution in [3.05, 3.63) is 90.5 Å². The standard InChI is InChI=1S/C21H17N5O/c1-2-6-16(7-3-1)14-27-18-11-10-17(22-13-18)12-25-26-21-19-8-4-5-9-20(19)23-15-24-21/h1-13,15H,14H2,(H,23,24,26)/b25-12+. The van der Waals surface area contributed by atoms with Gasteiger partial charge in [0.2, 0.25) is 0 Å². The quantitative estimate of drug-likeness (QED) is 0.417. The molecule has 2 heterocycles. The van der Waals surface area contributed by atoms with Gasteiger partial charge in [-0.3, -0.25) is 10.4 Å². The maximum Gasteiger partial charge on any atom is 0.157 e. The molecule has 2 aromatic carbocycles. The molecule has 132 valence electrons. The number of hydrogen-bond acceptors (Lipinski definition) is 6. The van der Waals surface area contributed by atoms with Crippen molar-refractivity contribution in [3.8, 4) is 5.75 Å². The molecule has 0 spiro atoms. The van der Waals surface area contributed by atoms with E-state index >= 15 is 0 Å². The first-order chi connectivity index (χ1) is 13.4. The molecule has 6 heteroatoms. The largest absolute Gasteiger partial charge is 0.487 e. The van der Waals surface area contributed by atoms with Crippen LogP contribution in [0.15, 0.2) is 84.4 Å². The number of para-hydroxylation sites is 1. The summed E-state index contributed by atoms with van der Waals surface area (Å²) in [6.07, 6.45) is 4.83. The van der Waals surface area contributed by atoms with Crippen LogP contribution in [0.5, 0.6) is 5.75 Å². The van der Waals surface area contributed by atoms with Gasteiger partial charge in [0.1, 0.15) is 18.7 Å². The lowest BCUT2D eigenvalue weighted by molar-refractivity contribution is 0.305. The summed E-state index contributed by atoms with van der Waals surface area (Å²) in [6, 6.07) is 21.5. The maximum atomic E-state index is 5.73. The minimum atomic E-state index is 0.512. The molecule has 6 nitrogen and oxygen atoms in total. The van der Waals surface area contributed by atoms with Crippen molar-refractivity contribution in [2.24, 2.45) is 5.10 Å². The van der Waals surface area contributed by atoms with Gasteiger partial charge in [-0.2, -0.15) is 5.10 Å². The monoisotopic (exact) mass is 355 g/mol. The average Bonchev–Trinajstić information content (AvgIpc) is 2.74. The molecular formula is C21H17N5O. The van der Waals surface area contributed by atoms with E-state index in [2.05, 4.69) is 25.5 Å². The Morgan fingerprint density at radius 1 is 0.889 bits per heavy atom. The Kier molecular flexibility index (Phi) is 4.97. The lowest BCUT2D eigenvalue weighted by Crippen LogP contribution is -1.98. The zero-order chi connectivity index (χ0) is 18.3. The molecule has 4 rings (SSSR count). The molecular weight excluding hydrogens is 338 g/mol. The predicted octanol–water partition coefficient (Wildman–Crippen LogP) is 4.05. The molecule has 0 unspecified atom stereocenters. The van der Waals surface area contributed by atoms with E-state index in [0.717, 1.165) is 16.5 Å². The number of benzene rings is 2. The molecule has 0 fully saturated rings. The van der Waals surface area contributed by atoms with Crippen LogP contribution in [-0.2, 0) is 6.61 Å². The van der Waals surface area contributed by atoms with Crippen LogP contribution < -0.4 is 10.2 Å². The van der Waals surface area contributed by atoms with Crippen LogP contribution in [0.2, 0.25) is 0 Å². The molecule has 0 amide bonds. The highest BCUT2D eigenvalue weighted by atomic mass is 16.5. The van der Waals surface area contributed by atoms with E-state index in [9.17, 15) is 0 Å². The molecule has 0 saturated heterocycles. The normalized spacial score (nSPS) is 11.0. The highest BCUT2D eigenvalue weighted by Gasteiger charge is 2.01. The molecule has 0 radical (unpaired) electrons. The number of anilines is 1. The van der Waals surface area contributed by atoms with Gasteiger partial charge in [0.25, 0.3) is 0 Å². The summed E-state index contributed by atoms with van der Waals surface area (Å²) in [5, 5.41) is 5.13. The maximum absolute atomic E-state index is 5.73. The van der Waals surface area contributed by atoms with Crippen LogP contribution in [-0.4, -0.2) is 21.2 Å². The predicted molar refractivity (Wildman–Crippen MR) is 106 cm³/mol. The number of hydrogen-bond donors (Lipinski definition) is 1. The van der Waals surface area contributed by atoms with Crippen LogP contribution in [0.4, 0.5) is 5.82 Å². The second-order valence-electron chi connectivity index (χ2n) is 5.80. The molecule has 0 atom stereocenters. The van der Waals surface area contributed by atoms with Crippen molar-refractivity contribution in [2.75, 3.05) is 5.43 Å². The average molecular weight is 355 g/mol. The van der Waals surface area contributed by atoms with E-state index in [-0.39, 0.29) is 0 Å². The van der Waals surface area contributed by atoms with Crippen molar-refractivity contribution in [1.82, 2.24) is 15.0 Å². The first-order valence-corrected chi connectivity index (χ1v) is 8.50. The number of aromatic nitrogens is 3. The van der Waals surface area contributed by atoms with Gasteiger partial charge in [-0.1, -0.05) is 42.5 Å². The Morgan fingerprint density at radius 2 is 1.74 bits per heavy atom. The number of pyridine rings is 1. The van der Waals surface area contributed by atoms with Gasteiger partial charge in [0.15, 0.2) is 5.82 Å². The van der Waals surface area contributed by atoms with Gasteiger partial charge in [-0.05, 0) is 29.8 Å². The van der Waals surface area contributed by atoms with Gasteiger partial charge in [0, 0.05) is 5.39 Å². The Bertz CT molecular complexity index is 1040. The first kappa shape index (κ1) is 16.7. The Morgan fingerprint density at radius 3 is 2.59 bits per heavy atom. The van der Waals surface area contributed by atoms with Gasteiger partial charge in [-0.25, -0.2) is 9.97 Å². The third kappa shape index (κ3) is 4.24. The summed E-state index contributed by atoms with van der Waals surface area (Å²) in [6.45, 7) is 0.512. The number of nitrogens with zero attached hydrogens (tertiary/aromatic N) is 4. The molecule has 0 saturated carbocycles. The number of hydrazone groups is 1. The molecule has 2 aromatic heterocycles. The van der Waals surface area contributed by atoms with E-state index in [0.29, 0.717) is 23.9 Å². The van der Waals surface area contributed by atoms with Crippen molar-refractivity contribution >= 4 is 22.9 Å². The van der Waals surface area contributed by atoms with Crippen molar-refractivity contribution in [1.29, 1.82) is 0 Å². The van der Waals surface area contributed by atoms with Crippen LogP contribution >= 0.6 is 0 Å². The third-order valence-corrected chi connectivity index (χ3v) is 3.92. The lowest BCUT2D eigenvalue weighted by atomic mass is 10.2. The fourth-order valence-corrected chi connectivity index (χ4v) is 2.55. The van der Waals surface area contributed by atoms with E-state index < -0.39 is 0 Å². The fraction of sp³-hybridized carbons (Fsp3) is 0.0476. The Balaban J connectivity index is 1.38. The summed E-state index contributed by atoms with van der Waals surface area (Å²) in [4.78, 5) is 12.8. The molecule has 0 aliphatic heterocycles. The molecule has 0 aliphatic carbocycles. The van der Waals surface area contributed by atoms with Gasteiger partial charge < -0.3 is 4.74 Å². The minimum absolute atomic E-state index is 0.512. The third-order valence-electron chi connectivity index (χ3n) is 3.92. The summed E-state index contributed by atoms with van der Waals surface area (Å²) in [7, 11) is 0. The molecule has 0 bridgehead atoms. The Hall–Kier alpha value is -3.80. The number of rotatable bonds is 6. The molecule has 0 aliphatic rings. The molecule has 27 heavy (non-hydrogen) atoms. The minimum Gasteiger partial charge on any atom is -0.487 e. The summed E-state index contributed by atoms with van der Waals surface area (Å²) < 4.78 is 5.73. The zero-order valence-electron chi connectivity index (χ0n) is 14.5. The summed E-state index contributed by atoms with van der Waals surface area (Å²) in [5.74, 6) is 1.37. The van der Waals surface area contributed by atoms with Crippen LogP contribution in [0, 0.1) is 0 Å². The van der Waals surface area contributed by atoms with E-state index in [4.69, 9.17) is 4.74 Å². The van der Waals surface area contributed by atoms with Crippen molar-refractivity contribution in [2.45, 2.75) is 6.61 Å². The second kappa shape index (κ2) is 8.05. The SMILES string of the molecule is C(=N\Nc1ncnc2ccccc12)/c1ccc(OCc2ccccc2)cn1. The summed E-state index contributed by atoms with van der Waals surface area (Å²) >= 11 is 0. The lowest BCUT2D eigenvalue weighted by Gasteiger charge is -2.06. The highest BCUT2D eigenvalue weighted by molar-refractivity contribution is 5.89. The summed E-state index contributed by atoms with van der Waals surface area (Å²) in [5.41, 5.74) is 5.64.